The maximum atomic E-state index is 14.2. The fraction of sp³-hybridized carbons (Fsp3) is 0.125. The summed E-state index contributed by atoms with van der Waals surface area (Å²) >= 11 is 0. The quantitative estimate of drug-likeness (QED) is 0.304. The molecule has 1 atom stereocenters. The zero-order valence-electron chi connectivity index (χ0n) is 23.4. The molecule has 0 fully saturated rings. The van der Waals surface area contributed by atoms with Gasteiger partial charge in [-0.15, -0.1) is 0 Å². The molecule has 0 bridgehead atoms. The van der Waals surface area contributed by atoms with Crippen molar-refractivity contribution in [1.82, 2.24) is 34.3 Å². The van der Waals surface area contributed by atoms with Gasteiger partial charge >= 0.3 is 0 Å². The van der Waals surface area contributed by atoms with Crippen molar-refractivity contribution >= 4 is 28.2 Å². The number of pyridine rings is 1. The molecule has 0 saturated carbocycles. The second-order valence-electron chi connectivity index (χ2n) is 9.88. The highest BCUT2D eigenvalue weighted by Crippen LogP contribution is 2.24. The fourth-order valence-electron chi connectivity index (χ4n) is 5.01. The van der Waals surface area contributed by atoms with Gasteiger partial charge in [0.25, 0.3) is 17.4 Å². The number of aryl methyl sites for hydroxylation is 1. The van der Waals surface area contributed by atoms with E-state index in [9.17, 15) is 14.4 Å². The largest absolute Gasteiger partial charge is 0.344 e. The highest BCUT2D eigenvalue weighted by Gasteiger charge is 2.23. The number of carbonyl (C=O) groups is 2. The van der Waals surface area contributed by atoms with Crippen LogP contribution in [-0.2, 0) is 0 Å². The van der Waals surface area contributed by atoms with Crippen LogP contribution in [0.3, 0.4) is 0 Å². The summed E-state index contributed by atoms with van der Waals surface area (Å²) in [5, 5.41) is 12.5. The van der Waals surface area contributed by atoms with Crippen molar-refractivity contribution in [1.29, 1.82) is 0 Å². The molecule has 1 unspecified atom stereocenters. The zero-order valence-corrected chi connectivity index (χ0v) is 23.4. The first-order valence-electron chi connectivity index (χ1n) is 13.5. The molecule has 4 heterocycles. The Morgan fingerprint density at radius 2 is 1.88 bits per heavy atom. The molecule has 0 aliphatic carbocycles. The van der Waals surface area contributed by atoms with Gasteiger partial charge in [0.15, 0.2) is 5.65 Å². The number of fused-ring (bicyclic) bond motifs is 2. The summed E-state index contributed by atoms with van der Waals surface area (Å²) in [7, 11) is 0. The van der Waals surface area contributed by atoms with Crippen LogP contribution in [0.15, 0.2) is 90.2 Å². The molecule has 4 aromatic heterocycles. The Balaban J connectivity index is 1.45. The Morgan fingerprint density at radius 3 is 2.67 bits per heavy atom. The van der Waals surface area contributed by atoms with Gasteiger partial charge in [0, 0.05) is 35.5 Å². The number of para-hydroxylation sites is 1. The van der Waals surface area contributed by atoms with Gasteiger partial charge in [-0.2, -0.15) is 10.2 Å². The standard InChI is InChI=1S/C32H26N8O3/c1-20(36-31(42)28-21(2)37-38-15-7-14-34-30(28)38)26-16-24-9-6-8-23(13-12-22-18-35-39(19-22)27(41)17-33)29(24)32(43)40(26)25-10-4-3-5-11-25/h3-11,14-16,18-20H,17,33H2,1-2H3,(H,36,42). The molecule has 6 aromatic rings. The number of rotatable bonds is 5. The SMILES string of the molecule is Cc1nn2cccnc2c1C(=O)NC(C)c1cc2cccc(C#Cc3cnn(C(=O)CN)c3)c2c(=O)n1-c1ccccc1. The first kappa shape index (κ1) is 27.3. The highest BCUT2D eigenvalue weighted by atomic mass is 16.2. The first-order valence-corrected chi connectivity index (χ1v) is 13.5. The minimum Gasteiger partial charge on any atom is -0.344 e. The summed E-state index contributed by atoms with van der Waals surface area (Å²) < 4.78 is 4.30. The van der Waals surface area contributed by atoms with E-state index >= 15 is 0 Å². The molecule has 0 saturated heterocycles. The number of amides is 1. The van der Waals surface area contributed by atoms with Gasteiger partial charge in [-0.05, 0) is 49.6 Å². The number of nitrogens with one attached hydrogen (secondary N) is 1. The Hall–Kier alpha value is -5.86. The van der Waals surface area contributed by atoms with Gasteiger partial charge in [-0.3, -0.25) is 19.0 Å². The minimum atomic E-state index is -0.566. The van der Waals surface area contributed by atoms with Gasteiger partial charge < -0.3 is 11.1 Å². The van der Waals surface area contributed by atoms with Crippen LogP contribution in [0.1, 0.15) is 50.6 Å². The predicted molar refractivity (Wildman–Crippen MR) is 161 cm³/mol. The highest BCUT2D eigenvalue weighted by molar-refractivity contribution is 6.01. The molecule has 3 N–H and O–H groups in total. The second-order valence-corrected chi connectivity index (χ2v) is 9.88. The predicted octanol–water partition coefficient (Wildman–Crippen LogP) is 3.03. The van der Waals surface area contributed by atoms with E-state index in [1.165, 1.54) is 12.4 Å². The van der Waals surface area contributed by atoms with Gasteiger partial charge in [0.1, 0.15) is 5.56 Å². The van der Waals surface area contributed by atoms with E-state index in [1.807, 2.05) is 55.5 Å². The summed E-state index contributed by atoms with van der Waals surface area (Å²) in [6, 6.07) is 17.7. The summed E-state index contributed by atoms with van der Waals surface area (Å²) in [6.07, 6.45) is 6.31. The number of aromatic nitrogens is 6. The lowest BCUT2D eigenvalue weighted by Gasteiger charge is -2.21. The molecule has 11 nitrogen and oxygen atoms in total. The Bertz CT molecular complexity index is 2150. The van der Waals surface area contributed by atoms with Crippen LogP contribution < -0.4 is 16.6 Å². The summed E-state index contributed by atoms with van der Waals surface area (Å²) in [4.78, 5) is 43.9. The van der Waals surface area contributed by atoms with Crippen LogP contribution in [0.25, 0.3) is 22.1 Å². The smallest absolute Gasteiger partial charge is 0.264 e. The monoisotopic (exact) mass is 570 g/mol. The van der Waals surface area contributed by atoms with Gasteiger partial charge in [-0.1, -0.05) is 42.2 Å². The summed E-state index contributed by atoms with van der Waals surface area (Å²) in [5.74, 6) is 5.36. The molecule has 0 aliphatic rings. The molecule has 0 aliphatic heterocycles. The molecule has 1 amide bonds. The van der Waals surface area contributed by atoms with Crippen LogP contribution >= 0.6 is 0 Å². The van der Waals surface area contributed by atoms with Gasteiger partial charge in [-0.25, -0.2) is 14.2 Å². The van der Waals surface area contributed by atoms with Crippen molar-refractivity contribution in [3.8, 4) is 17.5 Å². The van der Waals surface area contributed by atoms with Crippen LogP contribution in [0.4, 0.5) is 0 Å². The topological polar surface area (TPSA) is 142 Å². The lowest BCUT2D eigenvalue weighted by molar-refractivity contribution is 0.0906. The lowest BCUT2D eigenvalue weighted by atomic mass is 10.0. The van der Waals surface area contributed by atoms with E-state index in [1.54, 1.807) is 40.5 Å². The number of hydrogen-bond donors (Lipinski definition) is 2. The van der Waals surface area contributed by atoms with E-state index in [4.69, 9.17) is 5.73 Å². The van der Waals surface area contributed by atoms with Crippen molar-refractivity contribution in [3.63, 3.8) is 0 Å². The van der Waals surface area contributed by atoms with Crippen molar-refractivity contribution in [2.24, 2.45) is 5.73 Å². The number of nitrogens with two attached hydrogens (primary N) is 1. The van der Waals surface area contributed by atoms with Gasteiger partial charge in [0.2, 0.25) is 0 Å². The Morgan fingerprint density at radius 1 is 1.07 bits per heavy atom. The number of benzene rings is 2. The molecule has 2 aromatic carbocycles. The third-order valence-corrected chi connectivity index (χ3v) is 7.03. The van der Waals surface area contributed by atoms with E-state index in [2.05, 4.69) is 32.3 Å². The van der Waals surface area contributed by atoms with E-state index < -0.39 is 6.04 Å². The lowest BCUT2D eigenvalue weighted by Crippen LogP contribution is -2.32. The maximum absolute atomic E-state index is 14.2. The number of nitrogens with zero attached hydrogens (tertiary/aromatic N) is 6. The molecule has 11 heteroatoms. The third kappa shape index (κ3) is 5.07. The molecular weight excluding hydrogens is 544 g/mol. The zero-order chi connectivity index (χ0) is 30.1. The van der Waals surface area contributed by atoms with Crippen LogP contribution in [-0.4, -0.2) is 47.3 Å². The van der Waals surface area contributed by atoms with Crippen molar-refractivity contribution in [3.05, 3.63) is 124 Å². The average molecular weight is 571 g/mol. The molecule has 0 radical (unpaired) electrons. The van der Waals surface area contributed by atoms with Crippen molar-refractivity contribution in [2.75, 3.05) is 6.54 Å². The molecule has 0 spiro atoms. The third-order valence-electron chi connectivity index (χ3n) is 7.03. The fourth-order valence-corrected chi connectivity index (χ4v) is 5.01. The van der Waals surface area contributed by atoms with Gasteiger partial charge in [0.05, 0.1) is 35.4 Å². The van der Waals surface area contributed by atoms with Crippen LogP contribution in [0, 0.1) is 18.8 Å². The first-order chi connectivity index (χ1) is 20.9. The number of carbonyl (C=O) groups excluding carboxylic acids is 2. The number of hydrogen-bond acceptors (Lipinski definition) is 7. The maximum Gasteiger partial charge on any atom is 0.264 e. The Labute approximate surface area is 245 Å². The van der Waals surface area contributed by atoms with Crippen molar-refractivity contribution in [2.45, 2.75) is 19.9 Å². The van der Waals surface area contributed by atoms with Crippen molar-refractivity contribution < 1.29 is 9.59 Å². The molecular formula is C32H26N8O3. The second kappa shape index (κ2) is 11.2. The Kier molecular flexibility index (Phi) is 7.11. The van der Waals surface area contributed by atoms with E-state index in [-0.39, 0.29) is 23.9 Å². The molecule has 43 heavy (non-hydrogen) atoms. The summed E-state index contributed by atoms with van der Waals surface area (Å²) in [6.45, 7) is 3.41. The van der Waals surface area contributed by atoms with Crippen LogP contribution in [0.2, 0.25) is 0 Å². The molecule has 212 valence electrons. The average Bonchev–Trinajstić information content (AvgIpc) is 3.63. The normalized spacial score (nSPS) is 11.7. The van der Waals surface area contributed by atoms with Crippen LogP contribution in [0.5, 0.6) is 0 Å². The van der Waals surface area contributed by atoms with E-state index in [0.717, 1.165) is 4.68 Å². The summed E-state index contributed by atoms with van der Waals surface area (Å²) in [5.41, 5.74) is 8.75. The molecule has 6 rings (SSSR count). The minimum absolute atomic E-state index is 0.173. The van der Waals surface area contributed by atoms with E-state index in [0.29, 0.717) is 50.2 Å².